The molecule has 6 heteroatoms. The fourth-order valence-electron chi connectivity index (χ4n) is 2.65. The lowest BCUT2D eigenvalue weighted by Crippen LogP contribution is -2.41. The van der Waals surface area contributed by atoms with Gasteiger partial charge < -0.3 is 10.6 Å². The Morgan fingerprint density at radius 1 is 1.24 bits per heavy atom. The van der Waals surface area contributed by atoms with Gasteiger partial charge in [-0.2, -0.15) is 0 Å². The number of benzene rings is 1. The van der Waals surface area contributed by atoms with E-state index in [2.05, 4.69) is 59.8 Å². The first-order valence-corrected chi connectivity index (χ1v) is 10.4. The Bertz CT molecular complexity index is 720. The van der Waals surface area contributed by atoms with Gasteiger partial charge in [-0.1, -0.05) is 18.2 Å². The Labute approximate surface area is 158 Å². The van der Waals surface area contributed by atoms with E-state index in [0.717, 1.165) is 29.8 Å². The van der Waals surface area contributed by atoms with Crippen LogP contribution in [0.4, 0.5) is 0 Å². The van der Waals surface area contributed by atoms with Crippen LogP contribution >= 0.6 is 23.1 Å². The van der Waals surface area contributed by atoms with Crippen LogP contribution in [0.2, 0.25) is 0 Å². The Kier molecular flexibility index (Phi) is 6.02. The molecule has 4 nitrogen and oxygen atoms in total. The summed E-state index contributed by atoms with van der Waals surface area (Å²) in [6, 6.07) is 10.7. The maximum absolute atomic E-state index is 4.75. The standard InChI is InChI=1S/C19H26N4S2/c1-4-20-18(21-12-17-14(2)23-15(3)24-17)22-13-19(10-11-19)25-16-8-6-5-7-9-16/h5-9H,4,10-13H2,1-3H3,(H2,20,21,22). The van der Waals surface area contributed by atoms with E-state index < -0.39 is 0 Å². The molecule has 25 heavy (non-hydrogen) atoms. The predicted molar refractivity (Wildman–Crippen MR) is 109 cm³/mol. The molecule has 2 N–H and O–H groups in total. The molecule has 1 heterocycles. The maximum atomic E-state index is 4.75. The van der Waals surface area contributed by atoms with Gasteiger partial charge in [0.2, 0.25) is 0 Å². The van der Waals surface area contributed by atoms with Gasteiger partial charge in [0.15, 0.2) is 5.96 Å². The lowest BCUT2D eigenvalue weighted by Gasteiger charge is -2.18. The van der Waals surface area contributed by atoms with Crippen LogP contribution in [0.15, 0.2) is 40.2 Å². The fourth-order valence-corrected chi connectivity index (χ4v) is 4.76. The lowest BCUT2D eigenvalue weighted by molar-refractivity contribution is 0.769. The van der Waals surface area contributed by atoms with Crippen LogP contribution in [-0.4, -0.2) is 28.8 Å². The second-order valence-electron chi connectivity index (χ2n) is 6.39. The van der Waals surface area contributed by atoms with Crippen molar-refractivity contribution in [2.45, 2.75) is 49.8 Å². The number of thiazole rings is 1. The number of aromatic nitrogens is 1. The maximum Gasteiger partial charge on any atom is 0.191 e. The number of aryl methyl sites for hydroxylation is 2. The van der Waals surface area contributed by atoms with Gasteiger partial charge in [0, 0.05) is 27.6 Å². The molecule has 134 valence electrons. The molecule has 0 saturated heterocycles. The molecule has 0 amide bonds. The molecule has 0 aliphatic heterocycles. The van der Waals surface area contributed by atoms with Gasteiger partial charge in [-0.15, -0.1) is 23.1 Å². The Morgan fingerprint density at radius 2 is 2.00 bits per heavy atom. The molecule has 1 fully saturated rings. The van der Waals surface area contributed by atoms with Gasteiger partial charge in [-0.3, -0.25) is 0 Å². The van der Waals surface area contributed by atoms with Gasteiger partial charge in [-0.05, 0) is 45.7 Å². The van der Waals surface area contributed by atoms with Crippen molar-refractivity contribution < 1.29 is 0 Å². The second kappa shape index (κ2) is 8.23. The molecule has 1 aliphatic carbocycles. The molecule has 2 aromatic rings. The molecule has 0 unspecified atom stereocenters. The summed E-state index contributed by atoms with van der Waals surface area (Å²) in [5.41, 5.74) is 1.10. The number of rotatable bonds is 7. The topological polar surface area (TPSA) is 49.3 Å². The smallest absolute Gasteiger partial charge is 0.191 e. The van der Waals surface area contributed by atoms with Crippen molar-refractivity contribution in [1.82, 2.24) is 15.6 Å². The zero-order chi connectivity index (χ0) is 17.7. The van der Waals surface area contributed by atoms with Crippen molar-refractivity contribution >= 4 is 29.1 Å². The fraction of sp³-hybridized carbons (Fsp3) is 0.474. The van der Waals surface area contributed by atoms with E-state index in [9.17, 15) is 0 Å². The van der Waals surface area contributed by atoms with E-state index in [4.69, 9.17) is 4.99 Å². The van der Waals surface area contributed by atoms with Crippen LogP contribution in [0.5, 0.6) is 0 Å². The van der Waals surface area contributed by atoms with E-state index in [0.29, 0.717) is 11.3 Å². The molecule has 1 aliphatic rings. The summed E-state index contributed by atoms with van der Waals surface area (Å²) in [5, 5.41) is 8.01. The number of guanidine groups is 1. The molecule has 0 spiro atoms. The zero-order valence-electron chi connectivity index (χ0n) is 15.1. The largest absolute Gasteiger partial charge is 0.357 e. The highest BCUT2D eigenvalue weighted by atomic mass is 32.2. The van der Waals surface area contributed by atoms with Crippen LogP contribution in [0.3, 0.4) is 0 Å². The van der Waals surface area contributed by atoms with Crippen molar-refractivity contribution in [3.05, 3.63) is 45.9 Å². The molecular weight excluding hydrogens is 348 g/mol. The van der Waals surface area contributed by atoms with Gasteiger partial charge in [0.25, 0.3) is 0 Å². The Hall–Kier alpha value is -1.53. The van der Waals surface area contributed by atoms with Gasteiger partial charge in [0.1, 0.15) is 0 Å². The number of aliphatic imine (C=N–C) groups is 1. The van der Waals surface area contributed by atoms with Crippen molar-refractivity contribution in [3.63, 3.8) is 0 Å². The first kappa shape index (κ1) is 18.3. The Morgan fingerprint density at radius 3 is 2.60 bits per heavy atom. The normalized spacial score (nSPS) is 15.9. The number of nitrogens with zero attached hydrogens (tertiary/aromatic N) is 2. The quantitative estimate of drug-likeness (QED) is 0.565. The molecule has 0 bridgehead atoms. The summed E-state index contributed by atoms with van der Waals surface area (Å²) >= 11 is 3.72. The van der Waals surface area contributed by atoms with E-state index in [1.54, 1.807) is 11.3 Å². The molecule has 0 radical (unpaired) electrons. The monoisotopic (exact) mass is 374 g/mol. The number of thioether (sulfide) groups is 1. The van der Waals surface area contributed by atoms with E-state index in [1.807, 2.05) is 18.7 Å². The summed E-state index contributed by atoms with van der Waals surface area (Å²) in [7, 11) is 0. The first-order valence-electron chi connectivity index (χ1n) is 8.79. The summed E-state index contributed by atoms with van der Waals surface area (Å²) < 4.78 is 0.314. The number of nitrogens with one attached hydrogen (secondary N) is 2. The van der Waals surface area contributed by atoms with Crippen molar-refractivity contribution in [2.24, 2.45) is 4.99 Å². The summed E-state index contributed by atoms with van der Waals surface area (Å²) in [6.07, 6.45) is 2.51. The predicted octanol–water partition coefficient (Wildman–Crippen LogP) is 4.14. The van der Waals surface area contributed by atoms with Gasteiger partial charge in [0.05, 0.1) is 17.2 Å². The second-order valence-corrected chi connectivity index (χ2v) is 9.22. The van der Waals surface area contributed by atoms with Crippen molar-refractivity contribution in [2.75, 3.05) is 13.1 Å². The number of hydrogen-bond donors (Lipinski definition) is 2. The van der Waals surface area contributed by atoms with E-state index in [-0.39, 0.29) is 0 Å². The highest BCUT2D eigenvalue weighted by Crippen LogP contribution is 2.51. The van der Waals surface area contributed by atoms with E-state index in [1.165, 1.54) is 22.6 Å². The van der Waals surface area contributed by atoms with Crippen molar-refractivity contribution in [3.8, 4) is 0 Å². The van der Waals surface area contributed by atoms with Crippen LogP contribution in [0, 0.1) is 13.8 Å². The highest BCUT2D eigenvalue weighted by Gasteiger charge is 2.43. The summed E-state index contributed by atoms with van der Waals surface area (Å²) in [5.74, 6) is 0.896. The highest BCUT2D eigenvalue weighted by molar-refractivity contribution is 8.01. The van der Waals surface area contributed by atoms with E-state index >= 15 is 0 Å². The third-order valence-corrected chi connectivity index (χ3v) is 6.74. The summed E-state index contributed by atoms with van der Waals surface area (Å²) in [4.78, 5) is 11.8. The molecule has 3 rings (SSSR count). The van der Waals surface area contributed by atoms with Crippen molar-refractivity contribution in [1.29, 1.82) is 0 Å². The van der Waals surface area contributed by atoms with Gasteiger partial charge in [-0.25, -0.2) is 9.98 Å². The minimum Gasteiger partial charge on any atom is -0.357 e. The zero-order valence-corrected chi connectivity index (χ0v) is 16.8. The molecule has 0 atom stereocenters. The SMILES string of the molecule is CCNC(=NCc1sc(C)nc1C)NCC1(Sc2ccccc2)CC1. The minimum atomic E-state index is 0.314. The van der Waals surface area contributed by atoms with Crippen LogP contribution in [-0.2, 0) is 6.54 Å². The molecule has 1 aromatic carbocycles. The Balaban J connectivity index is 1.58. The lowest BCUT2D eigenvalue weighted by atomic mass is 10.4. The molecule has 1 aromatic heterocycles. The third kappa shape index (κ3) is 5.22. The average molecular weight is 375 g/mol. The molecular formula is C19H26N4S2. The summed E-state index contributed by atoms with van der Waals surface area (Å²) in [6.45, 7) is 8.71. The van der Waals surface area contributed by atoms with Gasteiger partial charge >= 0.3 is 0 Å². The van der Waals surface area contributed by atoms with Crippen LogP contribution in [0.1, 0.15) is 35.3 Å². The third-order valence-electron chi connectivity index (χ3n) is 4.19. The average Bonchev–Trinajstić information content (AvgIpc) is 3.28. The van der Waals surface area contributed by atoms with Crippen LogP contribution < -0.4 is 10.6 Å². The van der Waals surface area contributed by atoms with Crippen LogP contribution in [0.25, 0.3) is 0 Å². The molecule has 1 saturated carbocycles. The minimum absolute atomic E-state index is 0.314. The number of hydrogen-bond acceptors (Lipinski definition) is 4. The first-order chi connectivity index (χ1) is 12.1.